The number of aromatic amines is 1. The van der Waals surface area contributed by atoms with Crippen LogP contribution in [0.3, 0.4) is 0 Å². The predicted octanol–water partition coefficient (Wildman–Crippen LogP) is 1.28. The van der Waals surface area contributed by atoms with Crippen molar-refractivity contribution >= 4 is 17.5 Å². The smallest absolute Gasteiger partial charge is 0.313 e. The molecule has 2 amide bonds. The van der Waals surface area contributed by atoms with Crippen LogP contribution in [0.25, 0.3) is 0 Å². The molecule has 0 atom stereocenters. The predicted molar refractivity (Wildman–Crippen MR) is 75.0 cm³/mol. The largest absolute Gasteiger partial charge is 0.344 e. The van der Waals surface area contributed by atoms with Gasteiger partial charge in [-0.1, -0.05) is 17.7 Å². The Labute approximate surface area is 116 Å². The molecule has 0 spiro atoms. The molecule has 6 heteroatoms. The van der Waals surface area contributed by atoms with Gasteiger partial charge in [-0.05, 0) is 26.0 Å². The molecule has 2 aromatic rings. The van der Waals surface area contributed by atoms with E-state index in [2.05, 4.69) is 20.8 Å². The van der Waals surface area contributed by atoms with Crippen LogP contribution in [0.1, 0.15) is 16.8 Å². The van der Waals surface area contributed by atoms with Gasteiger partial charge >= 0.3 is 11.8 Å². The average molecular weight is 272 g/mol. The summed E-state index contributed by atoms with van der Waals surface area (Å²) in [5, 5.41) is 11.7. The van der Waals surface area contributed by atoms with Crippen molar-refractivity contribution < 1.29 is 9.59 Å². The Kier molecular flexibility index (Phi) is 4.14. The Morgan fingerprint density at radius 3 is 2.45 bits per heavy atom. The third-order valence-corrected chi connectivity index (χ3v) is 2.89. The van der Waals surface area contributed by atoms with Crippen molar-refractivity contribution in [3.05, 3.63) is 47.3 Å². The zero-order valence-corrected chi connectivity index (χ0v) is 11.4. The molecule has 0 fully saturated rings. The number of anilines is 1. The molecule has 0 aliphatic carbocycles. The third kappa shape index (κ3) is 3.44. The van der Waals surface area contributed by atoms with Gasteiger partial charge in [0.15, 0.2) is 0 Å². The summed E-state index contributed by atoms with van der Waals surface area (Å²) < 4.78 is 0. The molecule has 0 bridgehead atoms. The number of hydrogen-bond acceptors (Lipinski definition) is 3. The highest BCUT2D eigenvalue weighted by molar-refractivity contribution is 6.39. The van der Waals surface area contributed by atoms with Crippen molar-refractivity contribution in [1.82, 2.24) is 15.5 Å². The first-order valence-corrected chi connectivity index (χ1v) is 6.21. The minimum atomic E-state index is -0.685. The lowest BCUT2D eigenvalue weighted by Crippen LogP contribution is -2.35. The maximum Gasteiger partial charge on any atom is 0.313 e. The highest BCUT2D eigenvalue weighted by Gasteiger charge is 2.13. The number of rotatable bonds is 3. The Morgan fingerprint density at radius 1 is 1.15 bits per heavy atom. The number of nitrogens with zero attached hydrogens (tertiary/aromatic N) is 1. The lowest BCUT2D eigenvalue weighted by Gasteiger charge is -2.06. The van der Waals surface area contributed by atoms with Crippen LogP contribution >= 0.6 is 0 Å². The Hall–Kier alpha value is -2.63. The van der Waals surface area contributed by atoms with E-state index in [1.807, 2.05) is 26.0 Å². The van der Waals surface area contributed by atoms with Gasteiger partial charge in [0.05, 0.1) is 6.20 Å². The first kappa shape index (κ1) is 13.8. The normalized spacial score (nSPS) is 10.1. The summed E-state index contributed by atoms with van der Waals surface area (Å²) in [6, 6.07) is 7.23. The Bertz CT molecular complexity index is 616. The maximum absolute atomic E-state index is 11.7. The van der Waals surface area contributed by atoms with E-state index in [-0.39, 0.29) is 6.54 Å². The Balaban J connectivity index is 1.87. The van der Waals surface area contributed by atoms with Crippen molar-refractivity contribution in [3.63, 3.8) is 0 Å². The Morgan fingerprint density at radius 2 is 1.85 bits per heavy atom. The molecule has 6 nitrogen and oxygen atoms in total. The zero-order valence-electron chi connectivity index (χ0n) is 11.4. The van der Waals surface area contributed by atoms with E-state index in [9.17, 15) is 9.59 Å². The minimum Gasteiger partial charge on any atom is -0.344 e. The molecular formula is C14H16N4O2. The fourth-order valence-corrected chi connectivity index (χ4v) is 1.63. The van der Waals surface area contributed by atoms with Gasteiger partial charge in [0.2, 0.25) is 0 Å². The summed E-state index contributed by atoms with van der Waals surface area (Å²) in [5.74, 6) is -1.36. The summed E-state index contributed by atoms with van der Waals surface area (Å²) in [6.07, 6.45) is 1.62. The van der Waals surface area contributed by atoms with Gasteiger partial charge < -0.3 is 10.6 Å². The number of carbonyl (C=O) groups is 2. The fourth-order valence-electron chi connectivity index (χ4n) is 1.63. The monoisotopic (exact) mass is 272 g/mol. The number of nitrogens with one attached hydrogen (secondary N) is 3. The van der Waals surface area contributed by atoms with Crippen LogP contribution in [0.5, 0.6) is 0 Å². The maximum atomic E-state index is 11.7. The number of hydrogen-bond donors (Lipinski definition) is 3. The van der Waals surface area contributed by atoms with Gasteiger partial charge in [-0.2, -0.15) is 5.10 Å². The lowest BCUT2D eigenvalue weighted by atomic mass is 10.2. The first-order valence-electron chi connectivity index (χ1n) is 6.21. The number of H-pyrrole nitrogens is 1. The SMILES string of the molecule is Cc1ccc(NC(=O)C(=O)NCc2cn[nH]c2C)cc1. The molecule has 1 aromatic heterocycles. The number of carbonyl (C=O) groups excluding carboxylic acids is 2. The number of aromatic nitrogens is 2. The quantitative estimate of drug-likeness (QED) is 0.736. The highest BCUT2D eigenvalue weighted by Crippen LogP contribution is 2.08. The van der Waals surface area contributed by atoms with Crippen LogP contribution in [0.15, 0.2) is 30.5 Å². The first-order chi connectivity index (χ1) is 9.56. The summed E-state index contributed by atoms with van der Waals surface area (Å²) in [6.45, 7) is 4.06. The second-order valence-corrected chi connectivity index (χ2v) is 4.52. The molecule has 0 aliphatic heterocycles. The fraction of sp³-hybridized carbons (Fsp3) is 0.214. The van der Waals surface area contributed by atoms with Crippen molar-refractivity contribution in [2.45, 2.75) is 20.4 Å². The second-order valence-electron chi connectivity index (χ2n) is 4.52. The minimum absolute atomic E-state index is 0.266. The molecule has 0 saturated heterocycles. The van der Waals surface area contributed by atoms with Crippen LogP contribution in [0.4, 0.5) is 5.69 Å². The van der Waals surface area contributed by atoms with Crippen LogP contribution in [-0.2, 0) is 16.1 Å². The van der Waals surface area contributed by atoms with Gasteiger partial charge in [0.1, 0.15) is 0 Å². The van der Waals surface area contributed by atoms with Crippen LogP contribution < -0.4 is 10.6 Å². The van der Waals surface area contributed by atoms with E-state index < -0.39 is 11.8 Å². The zero-order chi connectivity index (χ0) is 14.5. The number of amides is 2. The molecule has 1 heterocycles. The molecule has 0 aliphatic rings. The lowest BCUT2D eigenvalue weighted by molar-refractivity contribution is -0.136. The van der Waals surface area contributed by atoms with E-state index >= 15 is 0 Å². The van der Waals surface area contributed by atoms with Gasteiger partial charge in [0, 0.05) is 23.5 Å². The van der Waals surface area contributed by atoms with Crippen molar-refractivity contribution in [1.29, 1.82) is 0 Å². The second kappa shape index (κ2) is 6.01. The molecule has 104 valence electrons. The summed E-state index contributed by atoms with van der Waals surface area (Å²) in [4.78, 5) is 23.4. The molecule has 0 saturated carbocycles. The molecular weight excluding hydrogens is 256 g/mol. The van der Waals surface area contributed by atoms with E-state index in [0.717, 1.165) is 16.8 Å². The van der Waals surface area contributed by atoms with Crippen LogP contribution in [0.2, 0.25) is 0 Å². The van der Waals surface area contributed by atoms with E-state index in [4.69, 9.17) is 0 Å². The summed E-state index contributed by atoms with van der Waals surface area (Å²) in [7, 11) is 0. The van der Waals surface area contributed by atoms with Gasteiger partial charge in [-0.3, -0.25) is 14.7 Å². The standard InChI is InChI=1S/C14H16N4O2/c1-9-3-5-12(6-4-9)17-14(20)13(19)15-7-11-8-16-18-10(11)2/h3-6,8H,7H2,1-2H3,(H,15,19)(H,16,18)(H,17,20). The van der Waals surface area contributed by atoms with E-state index in [1.54, 1.807) is 18.3 Å². The van der Waals surface area contributed by atoms with Crippen LogP contribution in [0, 0.1) is 13.8 Å². The average Bonchev–Trinajstić information content (AvgIpc) is 2.84. The van der Waals surface area contributed by atoms with Crippen molar-refractivity contribution in [2.24, 2.45) is 0 Å². The summed E-state index contributed by atoms with van der Waals surface area (Å²) in [5.41, 5.74) is 3.39. The molecule has 3 N–H and O–H groups in total. The highest BCUT2D eigenvalue weighted by atomic mass is 16.2. The third-order valence-electron chi connectivity index (χ3n) is 2.89. The molecule has 0 unspecified atom stereocenters. The van der Waals surface area contributed by atoms with Crippen LogP contribution in [-0.4, -0.2) is 22.0 Å². The summed E-state index contributed by atoms with van der Waals surface area (Å²) >= 11 is 0. The number of aryl methyl sites for hydroxylation is 2. The molecule has 2 rings (SSSR count). The van der Waals surface area contributed by atoms with Gasteiger partial charge in [-0.25, -0.2) is 0 Å². The van der Waals surface area contributed by atoms with E-state index in [0.29, 0.717) is 5.69 Å². The van der Waals surface area contributed by atoms with Gasteiger partial charge in [-0.15, -0.1) is 0 Å². The molecule has 20 heavy (non-hydrogen) atoms. The molecule has 1 aromatic carbocycles. The van der Waals surface area contributed by atoms with Crippen molar-refractivity contribution in [3.8, 4) is 0 Å². The topological polar surface area (TPSA) is 86.9 Å². The molecule has 0 radical (unpaired) electrons. The van der Waals surface area contributed by atoms with Gasteiger partial charge in [0.25, 0.3) is 0 Å². The van der Waals surface area contributed by atoms with Crippen molar-refractivity contribution in [2.75, 3.05) is 5.32 Å². The number of benzene rings is 1. The van der Waals surface area contributed by atoms with E-state index in [1.165, 1.54) is 0 Å².